The van der Waals surface area contributed by atoms with E-state index < -0.39 is 29.6 Å². The quantitative estimate of drug-likeness (QED) is 0.759. The van der Waals surface area contributed by atoms with Gasteiger partial charge in [-0.3, -0.25) is 19.3 Å². The smallest absolute Gasteiger partial charge is 0.337 e. The molecule has 1 aromatic heterocycles. The Morgan fingerprint density at radius 1 is 1.22 bits per heavy atom. The Morgan fingerprint density at radius 2 is 1.96 bits per heavy atom. The van der Waals surface area contributed by atoms with Gasteiger partial charge >= 0.3 is 5.97 Å². The minimum absolute atomic E-state index is 0.0866. The molecular formula is C18H14N2O6S. The van der Waals surface area contributed by atoms with Crippen LogP contribution in [0.2, 0.25) is 0 Å². The Morgan fingerprint density at radius 3 is 2.63 bits per heavy atom. The number of furan rings is 1. The van der Waals surface area contributed by atoms with Crippen molar-refractivity contribution in [3.05, 3.63) is 58.4 Å². The second-order valence-electron chi connectivity index (χ2n) is 5.62. The zero-order valence-corrected chi connectivity index (χ0v) is 14.9. The van der Waals surface area contributed by atoms with E-state index >= 15 is 0 Å². The molecule has 138 valence electrons. The number of aryl methyl sites for hydroxylation is 1. The van der Waals surface area contributed by atoms with Gasteiger partial charge in [-0.2, -0.15) is 0 Å². The summed E-state index contributed by atoms with van der Waals surface area (Å²) in [4.78, 5) is 48.8. The average Bonchev–Trinajstić information content (AvgIpc) is 3.13. The lowest BCUT2D eigenvalue weighted by Gasteiger charge is -2.13. The molecule has 1 saturated heterocycles. The van der Waals surface area contributed by atoms with Crippen molar-refractivity contribution in [3.63, 3.8) is 0 Å². The second-order valence-corrected chi connectivity index (χ2v) is 6.61. The molecule has 9 heteroatoms. The van der Waals surface area contributed by atoms with Crippen molar-refractivity contribution in [2.75, 3.05) is 11.9 Å². The van der Waals surface area contributed by atoms with Gasteiger partial charge in [-0.25, -0.2) is 4.79 Å². The number of carboxylic acids is 1. The summed E-state index contributed by atoms with van der Waals surface area (Å²) in [5, 5.41) is 11.0. The van der Waals surface area contributed by atoms with Crippen LogP contribution < -0.4 is 5.32 Å². The van der Waals surface area contributed by atoms with Gasteiger partial charge < -0.3 is 14.8 Å². The Kier molecular flexibility index (Phi) is 5.13. The predicted octanol–water partition coefficient (Wildman–Crippen LogP) is 2.96. The first kappa shape index (κ1) is 18.5. The van der Waals surface area contributed by atoms with E-state index in [1.807, 2.05) is 0 Å². The van der Waals surface area contributed by atoms with Crippen molar-refractivity contribution >= 4 is 46.5 Å². The number of carbonyl (C=O) groups excluding carboxylic acids is 3. The SMILES string of the molecule is Cc1ccc(/C=C2\SC(=O)N(CC(=O)Nc3ccccc3C(=O)O)C2=O)o1. The molecule has 3 rings (SSSR count). The number of amides is 3. The molecule has 0 atom stereocenters. The number of nitrogens with one attached hydrogen (secondary N) is 1. The number of carbonyl (C=O) groups is 4. The van der Waals surface area contributed by atoms with Gasteiger partial charge in [0.05, 0.1) is 16.2 Å². The molecule has 0 bridgehead atoms. The van der Waals surface area contributed by atoms with Crippen LogP contribution in [-0.2, 0) is 9.59 Å². The Labute approximate surface area is 157 Å². The largest absolute Gasteiger partial charge is 0.478 e. The van der Waals surface area contributed by atoms with Crippen LogP contribution in [0.25, 0.3) is 6.08 Å². The molecule has 0 radical (unpaired) electrons. The third kappa shape index (κ3) is 4.09. The number of anilines is 1. The number of rotatable bonds is 5. The summed E-state index contributed by atoms with van der Waals surface area (Å²) in [7, 11) is 0. The maximum Gasteiger partial charge on any atom is 0.337 e. The Bertz CT molecular complexity index is 978. The maximum atomic E-state index is 12.4. The summed E-state index contributed by atoms with van der Waals surface area (Å²) in [6.45, 7) is 1.23. The summed E-state index contributed by atoms with van der Waals surface area (Å²) < 4.78 is 5.35. The van der Waals surface area contributed by atoms with Gasteiger partial charge in [-0.05, 0) is 43.0 Å². The van der Waals surface area contributed by atoms with Crippen LogP contribution in [0.5, 0.6) is 0 Å². The zero-order valence-electron chi connectivity index (χ0n) is 14.1. The fraction of sp³-hybridized carbons (Fsp3) is 0.111. The van der Waals surface area contributed by atoms with Gasteiger partial charge in [0.2, 0.25) is 5.91 Å². The minimum Gasteiger partial charge on any atom is -0.478 e. The van der Waals surface area contributed by atoms with Gasteiger partial charge in [0.1, 0.15) is 18.1 Å². The first-order chi connectivity index (χ1) is 12.8. The normalized spacial score (nSPS) is 15.4. The maximum absolute atomic E-state index is 12.4. The molecule has 1 aliphatic rings. The molecule has 0 spiro atoms. The predicted molar refractivity (Wildman–Crippen MR) is 98.2 cm³/mol. The molecule has 0 saturated carbocycles. The van der Waals surface area contributed by atoms with E-state index in [4.69, 9.17) is 9.52 Å². The van der Waals surface area contributed by atoms with E-state index in [1.165, 1.54) is 24.3 Å². The molecular weight excluding hydrogens is 372 g/mol. The monoisotopic (exact) mass is 386 g/mol. The highest BCUT2D eigenvalue weighted by atomic mass is 32.2. The number of nitrogens with zero attached hydrogens (tertiary/aromatic N) is 1. The number of benzene rings is 1. The van der Waals surface area contributed by atoms with Crippen molar-refractivity contribution in [2.24, 2.45) is 0 Å². The van der Waals surface area contributed by atoms with Crippen molar-refractivity contribution < 1.29 is 28.7 Å². The molecule has 27 heavy (non-hydrogen) atoms. The first-order valence-corrected chi connectivity index (χ1v) is 8.61. The van der Waals surface area contributed by atoms with Gasteiger partial charge in [-0.1, -0.05) is 12.1 Å². The topological polar surface area (TPSA) is 117 Å². The van der Waals surface area contributed by atoms with Crippen LogP contribution in [0.1, 0.15) is 21.9 Å². The van der Waals surface area contributed by atoms with Crippen molar-refractivity contribution in [3.8, 4) is 0 Å². The molecule has 0 unspecified atom stereocenters. The molecule has 2 N–H and O–H groups in total. The van der Waals surface area contributed by atoms with Crippen LogP contribution in [0.3, 0.4) is 0 Å². The van der Waals surface area contributed by atoms with Crippen LogP contribution >= 0.6 is 11.8 Å². The fourth-order valence-corrected chi connectivity index (χ4v) is 3.23. The van der Waals surface area contributed by atoms with E-state index in [0.29, 0.717) is 23.3 Å². The lowest BCUT2D eigenvalue weighted by atomic mass is 10.2. The van der Waals surface area contributed by atoms with Gasteiger partial charge in [0, 0.05) is 6.08 Å². The highest BCUT2D eigenvalue weighted by Crippen LogP contribution is 2.32. The second kappa shape index (κ2) is 7.50. The number of imide groups is 1. The molecule has 3 amide bonds. The van der Waals surface area contributed by atoms with E-state index in [9.17, 15) is 19.2 Å². The molecule has 2 aromatic rings. The molecule has 2 heterocycles. The molecule has 1 aromatic carbocycles. The van der Waals surface area contributed by atoms with Crippen LogP contribution in [0.4, 0.5) is 10.5 Å². The molecule has 1 aliphatic heterocycles. The van der Waals surface area contributed by atoms with E-state index in [1.54, 1.807) is 25.1 Å². The average molecular weight is 386 g/mol. The van der Waals surface area contributed by atoms with E-state index in [2.05, 4.69) is 5.32 Å². The van der Waals surface area contributed by atoms with Crippen molar-refractivity contribution in [1.82, 2.24) is 4.90 Å². The number of aromatic carboxylic acids is 1. The fourth-order valence-electron chi connectivity index (χ4n) is 2.41. The van der Waals surface area contributed by atoms with Crippen molar-refractivity contribution in [2.45, 2.75) is 6.92 Å². The Hall–Kier alpha value is -3.33. The van der Waals surface area contributed by atoms with Crippen LogP contribution in [-0.4, -0.2) is 39.6 Å². The number of para-hydroxylation sites is 1. The minimum atomic E-state index is -1.20. The summed E-state index contributed by atoms with van der Waals surface area (Å²) in [6, 6.07) is 9.25. The van der Waals surface area contributed by atoms with E-state index in [-0.39, 0.29) is 16.2 Å². The summed E-state index contributed by atoms with van der Waals surface area (Å²) >= 11 is 0.707. The number of thioether (sulfide) groups is 1. The highest BCUT2D eigenvalue weighted by molar-refractivity contribution is 8.18. The summed E-state index contributed by atoms with van der Waals surface area (Å²) in [6.07, 6.45) is 1.44. The van der Waals surface area contributed by atoms with Crippen LogP contribution in [0, 0.1) is 6.92 Å². The van der Waals surface area contributed by atoms with Crippen LogP contribution in [0.15, 0.2) is 45.7 Å². The van der Waals surface area contributed by atoms with Gasteiger partial charge in [-0.15, -0.1) is 0 Å². The van der Waals surface area contributed by atoms with Crippen molar-refractivity contribution in [1.29, 1.82) is 0 Å². The molecule has 0 aliphatic carbocycles. The van der Waals surface area contributed by atoms with E-state index in [0.717, 1.165) is 4.90 Å². The third-order valence-corrected chi connectivity index (χ3v) is 4.55. The lowest BCUT2D eigenvalue weighted by Crippen LogP contribution is -2.36. The summed E-state index contributed by atoms with van der Waals surface area (Å²) in [5.74, 6) is -1.40. The zero-order chi connectivity index (χ0) is 19.6. The Balaban J connectivity index is 1.71. The first-order valence-electron chi connectivity index (χ1n) is 7.79. The highest BCUT2D eigenvalue weighted by Gasteiger charge is 2.36. The third-order valence-electron chi connectivity index (χ3n) is 3.64. The number of carboxylic acid groups (broad SMARTS) is 1. The summed E-state index contributed by atoms with van der Waals surface area (Å²) in [5.41, 5.74) is -0.00310. The molecule has 1 fully saturated rings. The number of hydrogen-bond acceptors (Lipinski definition) is 6. The van der Waals surface area contributed by atoms with Gasteiger partial charge in [0.25, 0.3) is 11.1 Å². The number of hydrogen-bond donors (Lipinski definition) is 2. The van der Waals surface area contributed by atoms with Gasteiger partial charge in [0.15, 0.2) is 0 Å². The lowest BCUT2D eigenvalue weighted by molar-refractivity contribution is -0.127. The molecule has 8 nitrogen and oxygen atoms in total. The standard InChI is InChI=1S/C18H14N2O6S/c1-10-6-7-11(26-10)8-14-16(22)20(18(25)27-14)9-15(21)19-13-5-3-2-4-12(13)17(23)24/h2-8H,9H2,1H3,(H,19,21)(H,23,24)/b14-8-.